The van der Waals surface area contributed by atoms with Crippen molar-refractivity contribution in [3.05, 3.63) is 77.4 Å². The molecule has 3 aromatic carbocycles. The van der Waals surface area contributed by atoms with E-state index >= 15 is 0 Å². The molecule has 0 aliphatic carbocycles. The number of hydrogen-bond donors (Lipinski definition) is 1. The summed E-state index contributed by atoms with van der Waals surface area (Å²) in [6, 6.07) is 22.3. The molecule has 0 aliphatic rings. The summed E-state index contributed by atoms with van der Waals surface area (Å²) < 4.78 is 12.4. The van der Waals surface area contributed by atoms with E-state index in [0.717, 1.165) is 29.7 Å². The molecule has 0 aliphatic heterocycles. The first-order valence-corrected chi connectivity index (χ1v) is 17.7. The van der Waals surface area contributed by atoms with Crippen molar-refractivity contribution in [3.8, 4) is 28.0 Å². The maximum Gasteiger partial charge on any atom is 0.192 e. The average molecular weight is 547 g/mol. The molecule has 0 amide bonds. The Morgan fingerprint density at radius 2 is 1.41 bits per heavy atom. The number of hydrogen-bond acceptors (Lipinski definition) is 3. The number of benzene rings is 3. The Bertz CT molecular complexity index is 1180. The van der Waals surface area contributed by atoms with Gasteiger partial charge < -0.3 is 14.3 Å². The van der Waals surface area contributed by atoms with Crippen LogP contribution in [0.3, 0.4) is 0 Å². The van der Waals surface area contributed by atoms with Gasteiger partial charge in [-0.05, 0) is 94.9 Å². The van der Waals surface area contributed by atoms with Crippen molar-refractivity contribution in [2.24, 2.45) is 0 Å². The molecule has 0 atom stereocenters. The molecule has 4 heteroatoms. The molecule has 212 valence electrons. The number of aliphatic hydroxyl groups excluding tert-OH is 1. The number of aliphatic hydroxyl groups is 1. The predicted octanol–water partition coefficient (Wildman–Crippen LogP) is 9.25. The number of unbranched alkanes of at least 4 members (excludes halogenated alkanes) is 2. The molecular weight excluding hydrogens is 496 g/mol. The van der Waals surface area contributed by atoms with Gasteiger partial charge in [0, 0.05) is 6.61 Å². The lowest BCUT2D eigenvalue weighted by molar-refractivity contribution is 0.201. The first-order chi connectivity index (χ1) is 18.6. The molecule has 0 saturated carbocycles. The summed E-state index contributed by atoms with van der Waals surface area (Å²) in [7, 11) is -1.79. The van der Waals surface area contributed by atoms with Crippen LogP contribution in [0, 0.1) is 0 Å². The van der Waals surface area contributed by atoms with Gasteiger partial charge in [-0.15, -0.1) is 0 Å². The third-order valence-electron chi connectivity index (χ3n) is 8.21. The Labute approximate surface area is 238 Å². The molecule has 1 N–H and O–H groups in total. The van der Waals surface area contributed by atoms with E-state index in [-0.39, 0.29) is 11.6 Å². The quantitative estimate of drug-likeness (QED) is 0.162. The Morgan fingerprint density at radius 1 is 0.744 bits per heavy atom. The molecule has 0 unspecified atom stereocenters. The summed E-state index contributed by atoms with van der Waals surface area (Å²) in [4.78, 5) is 0. The van der Waals surface area contributed by atoms with Gasteiger partial charge in [0.1, 0.15) is 12.4 Å². The lowest BCUT2D eigenvalue weighted by atomic mass is 9.92. The highest BCUT2D eigenvalue weighted by Gasteiger charge is 2.36. The average Bonchev–Trinajstić information content (AvgIpc) is 2.91. The van der Waals surface area contributed by atoms with Crippen molar-refractivity contribution in [2.75, 3.05) is 19.8 Å². The summed E-state index contributed by atoms with van der Waals surface area (Å²) in [5.41, 5.74) is 8.71. The van der Waals surface area contributed by atoms with Gasteiger partial charge in [0.25, 0.3) is 0 Å². The van der Waals surface area contributed by atoms with E-state index in [4.69, 9.17) is 9.16 Å². The largest absolute Gasteiger partial charge is 0.491 e. The molecule has 0 bridgehead atoms. The zero-order chi connectivity index (χ0) is 28.5. The molecule has 0 spiro atoms. The number of ether oxygens (including phenoxy) is 1. The topological polar surface area (TPSA) is 38.7 Å². The van der Waals surface area contributed by atoms with E-state index in [2.05, 4.69) is 108 Å². The lowest BCUT2D eigenvalue weighted by Gasteiger charge is -2.36. The molecule has 0 heterocycles. The first-order valence-electron chi connectivity index (χ1n) is 14.8. The number of aryl methyl sites for hydroxylation is 2. The fraction of sp³-hybridized carbons (Fsp3) is 0.486. The molecule has 0 radical (unpaired) electrons. The number of rotatable bonds is 14. The fourth-order valence-electron chi connectivity index (χ4n) is 4.66. The van der Waals surface area contributed by atoms with Crippen LogP contribution in [-0.4, -0.2) is 33.2 Å². The molecule has 0 aromatic heterocycles. The van der Waals surface area contributed by atoms with Crippen LogP contribution in [0.15, 0.2) is 60.7 Å². The van der Waals surface area contributed by atoms with Gasteiger partial charge in [-0.3, -0.25) is 0 Å². The molecule has 39 heavy (non-hydrogen) atoms. The van der Waals surface area contributed by atoms with E-state index in [1.807, 2.05) is 0 Å². The second-order valence-electron chi connectivity index (χ2n) is 12.1. The maximum atomic E-state index is 9.74. The van der Waals surface area contributed by atoms with Crippen LogP contribution in [0.2, 0.25) is 18.1 Å². The van der Waals surface area contributed by atoms with Crippen molar-refractivity contribution < 1.29 is 14.3 Å². The SMILES string of the molecule is CCCCCc1ccc(-c2ccc(-c3ccc(OCCO[Si](C)(C)C(C)(C)C)c(CCO)c3)c(CC)c2)cc1. The van der Waals surface area contributed by atoms with Crippen molar-refractivity contribution in [3.63, 3.8) is 0 Å². The normalized spacial score (nSPS) is 12.1. The first kappa shape index (κ1) is 31.1. The summed E-state index contributed by atoms with van der Waals surface area (Å²) in [5.74, 6) is 0.834. The lowest BCUT2D eigenvalue weighted by Crippen LogP contribution is -2.41. The fourth-order valence-corrected chi connectivity index (χ4v) is 5.69. The molecule has 3 nitrogen and oxygen atoms in total. The van der Waals surface area contributed by atoms with Crippen molar-refractivity contribution in [1.29, 1.82) is 0 Å². The van der Waals surface area contributed by atoms with Crippen molar-refractivity contribution >= 4 is 8.32 Å². The van der Waals surface area contributed by atoms with Gasteiger partial charge in [0.2, 0.25) is 0 Å². The van der Waals surface area contributed by atoms with Gasteiger partial charge in [0.05, 0.1) is 6.61 Å². The van der Waals surface area contributed by atoms with Crippen molar-refractivity contribution in [2.45, 2.75) is 91.3 Å². The second-order valence-corrected chi connectivity index (χ2v) is 16.9. The van der Waals surface area contributed by atoms with Crippen LogP contribution in [0.4, 0.5) is 0 Å². The molecular formula is C35H50O3Si. The zero-order valence-corrected chi connectivity index (χ0v) is 26.4. The minimum Gasteiger partial charge on any atom is -0.491 e. The minimum absolute atomic E-state index is 0.0916. The van der Waals surface area contributed by atoms with Gasteiger partial charge in [-0.25, -0.2) is 0 Å². The van der Waals surface area contributed by atoms with Gasteiger partial charge >= 0.3 is 0 Å². The zero-order valence-electron chi connectivity index (χ0n) is 25.4. The minimum atomic E-state index is -1.79. The van der Waals surface area contributed by atoms with E-state index in [1.54, 1.807) is 0 Å². The Balaban J connectivity index is 1.75. The molecule has 3 rings (SSSR count). The molecule has 0 saturated heterocycles. The van der Waals surface area contributed by atoms with Gasteiger partial charge in [-0.1, -0.05) is 96.0 Å². The Kier molecular flexibility index (Phi) is 11.4. The molecule has 0 fully saturated rings. The van der Waals surface area contributed by atoms with Crippen LogP contribution in [0.1, 0.15) is 70.6 Å². The van der Waals surface area contributed by atoms with Crippen LogP contribution in [-0.2, 0) is 23.7 Å². The third-order valence-corrected chi connectivity index (χ3v) is 12.7. The smallest absolute Gasteiger partial charge is 0.192 e. The monoisotopic (exact) mass is 546 g/mol. The highest BCUT2D eigenvalue weighted by Crippen LogP contribution is 2.37. The van der Waals surface area contributed by atoms with Gasteiger partial charge in [-0.2, -0.15) is 0 Å². The Morgan fingerprint density at radius 3 is 2.05 bits per heavy atom. The predicted molar refractivity (Wildman–Crippen MR) is 169 cm³/mol. The second kappa shape index (κ2) is 14.3. The highest BCUT2D eigenvalue weighted by molar-refractivity contribution is 6.74. The van der Waals surface area contributed by atoms with Crippen molar-refractivity contribution in [1.82, 2.24) is 0 Å². The molecule has 3 aromatic rings. The third kappa shape index (κ3) is 8.54. The van der Waals surface area contributed by atoms with Crippen LogP contribution in [0.25, 0.3) is 22.3 Å². The summed E-state index contributed by atoms with van der Waals surface area (Å²) in [6.45, 7) is 16.9. The van der Waals surface area contributed by atoms with E-state index in [0.29, 0.717) is 19.6 Å². The van der Waals surface area contributed by atoms with Crippen LogP contribution >= 0.6 is 0 Å². The standard InChI is InChI=1S/C35H50O3Si/c1-8-10-11-12-27-13-15-29(16-14-27)30-17-19-33(28(9-2)25-30)31-18-20-34(32(26-31)21-22-36)37-23-24-38-39(6,7)35(3,4)5/h13-20,25-26,36H,8-12,21-24H2,1-7H3. The summed E-state index contributed by atoms with van der Waals surface area (Å²) in [5, 5.41) is 9.92. The Hall–Kier alpha value is -2.40. The van der Waals surface area contributed by atoms with E-state index < -0.39 is 8.32 Å². The highest BCUT2D eigenvalue weighted by atomic mass is 28.4. The maximum absolute atomic E-state index is 9.74. The van der Waals surface area contributed by atoms with E-state index in [1.165, 1.54) is 47.1 Å². The van der Waals surface area contributed by atoms with Crippen LogP contribution < -0.4 is 4.74 Å². The van der Waals surface area contributed by atoms with E-state index in [9.17, 15) is 5.11 Å². The van der Waals surface area contributed by atoms with Crippen LogP contribution in [0.5, 0.6) is 5.75 Å². The van der Waals surface area contributed by atoms with Gasteiger partial charge in [0.15, 0.2) is 8.32 Å². The summed E-state index contributed by atoms with van der Waals surface area (Å²) in [6.07, 6.45) is 6.49. The summed E-state index contributed by atoms with van der Waals surface area (Å²) >= 11 is 0.